The van der Waals surface area contributed by atoms with Crippen LogP contribution in [0, 0.1) is 9.49 Å². The molecule has 1 aliphatic heterocycles. The summed E-state index contributed by atoms with van der Waals surface area (Å²) in [5.74, 6) is 1.35. The van der Waals surface area contributed by atoms with Gasteiger partial charge >= 0.3 is 0 Å². The van der Waals surface area contributed by atoms with Gasteiger partial charge in [-0.05, 0) is 76.2 Å². The van der Waals surface area contributed by atoms with Crippen LogP contribution in [0.3, 0.4) is 0 Å². The van der Waals surface area contributed by atoms with E-state index in [0.717, 1.165) is 20.9 Å². The van der Waals surface area contributed by atoms with E-state index in [9.17, 15) is 9.59 Å². The Morgan fingerprint density at radius 3 is 2.54 bits per heavy atom. The molecule has 5 nitrogen and oxygen atoms in total. The number of nitrogens with zero attached hydrogens (tertiary/aromatic N) is 1. The number of methoxy groups -OCH3 is 1. The number of para-hydroxylation sites is 1. The summed E-state index contributed by atoms with van der Waals surface area (Å²) in [4.78, 5) is 26.7. The predicted molar refractivity (Wildman–Crippen MR) is 121 cm³/mol. The van der Waals surface area contributed by atoms with E-state index in [0.29, 0.717) is 34.6 Å². The molecule has 2 aromatic carbocycles. The Morgan fingerprint density at radius 1 is 1.18 bits per heavy atom. The van der Waals surface area contributed by atoms with E-state index in [1.807, 2.05) is 18.2 Å². The molecule has 0 aliphatic carbocycles. The number of hydrogen-bond donors (Lipinski definition) is 0. The van der Waals surface area contributed by atoms with Crippen LogP contribution in [0.5, 0.6) is 11.5 Å². The van der Waals surface area contributed by atoms with Crippen LogP contribution in [-0.4, -0.2) is 24.9 Å². The molecule has 0 unspecified atom stereocenters. The number of amides is 2. The molecule has 0 aromatic heterocycles. The average Bonchev–Trinajstić information content (AvgIpc) is 2.94. The standard InChI is InChI=1S/C21H20INO4S/c1-13(2)12-27-19-16(22)9-14(10-17(19)26-3)11-18-20(24)23(21(25)28-18)15-7-5-4-6-8-15/h4-11,13H,12H2,1-3H3/b18-11+. The third kappa shape index (κ3) is 4.52. The van der Waals surface area contributed by atoms with Crippen LogP contribution in [0.1, 0.15) is 19.4 Å². The molecular formula is C21H20INO4S. The molecular weight excluding hydrogens is 489 g/mol. The zero-order valence-corrected chi connectivity index (χ0v) is 18.7. The molecule has 0 N–H and O–H groups in total. The summed E-state index contributed by atoms with van der Waals surface area (Å²) in [5.41, 5.74) is 1.34. The van der Waals surface area contributed by atoms with Gasteiger partial charge in [-0.3, -0.25) is 9.59 Å². The van der Waals surface area contributed by atoms with Gasteiger partial charge in [-0.15, -0.1) is 0 Å². The molecule has 1 fully saturated rings. The highest BCUT2D eigenvalue weighted by Gasteiger charge is 2.36. The molecule has 0 spiro atoms. The van der Waals surface area contributed by atoms with Gasteiger partial charge in [0.2, 0.25) is 0 Å². The minimum Gasteiger partial charge on any atom is -0.493 e. The lowest BCUT2D eigenvalue weighted by molar-refractivity contribution is -0.113. The maximum atomic E-state index is 12.8. The molecule has 0 bridgehead atoms. The van der Waals surface area contributed by atoms with Crippen molar-refractivity contribution >= 4 is 57.3 Å². The number of ether oxygens (including phenoxy) is 2. The van der Waals surface area contributed by atoms with Crippen LogP contribution < -0.4 is 14.4 Å². The third-order valence-corrected chi connectivity index (χ3v) is 5.59. The second-order valence-electron chi connectivity index (χ2n) is 6.59. The Bertz CT molecular complexity index is 928. The number of hydrogen-bond acceptors (Lipinski definition) is 5. The van der Waals surface area contributed by atoms with Crippen molar-refractivity contribution in [2.75, 3.05) is 18.6 Å². The van der Waals surface area contributed by atoms with Crippen LogP contribution in [0.25, 0.3) is 6.08 Å². The zero-order chi connectivity index (χ0) is 20.3. The summed E-state index contributed by atoms with van der Waals surface area (Å²) >= 11 is 3.12. The highest BCUT2D eigenvalue weighted by atomic mass is 127. The van der Waals surface area contributed by atoms with E-state index in [2.05, 4.69) is 36.4 Å². The van der Waals surface area contributed by atoms with E-state index in [-0.39, 0.29) is 11.1 Å². The fraction of sp³-hybridized carbons (Fsp3) is 0.238. The summed E-state index contributed by atoms with van der Waals surface area (Å²) in [6.07, 6.45) is 1.71. The largest absolute Gasteiger partial charge is 0.493 e. The van der Waals surface area contributed by atoms with E-state index < -0.39 is 0 Å². The Balaban J connectivity index is 1.90. The first-order valence-corrected chi connectivity index (χ1v) is 10.6. The average molecular weight is 509 g/mol. The van der Waals surface area contributed by atoms with Crippen molar-refractivity contribution in [1.82, 2.24) is 0 Å². The van der Waals surface area contributed by atoms with Crippen molar-refractivity contribution in [2.45, 2.75) is 13.8 Å². The quantitative estimate of drug-likeness (QED) is 0.376. The second kappa shape index (κ2) is 9.00. The molecule has 1 aliphatic rings. The number of imide groups is 1. The van der Waals surface area contributed by atoms with Crippen molar-refractivity contribution in [3.63, 3.8) is 0 Å². The Hall–Kier alpha value is -2.00. The molecule has 2 aromatic rings. The van der Waals surface area contributed by atoms with Crippen molar-refractivity contribution < 1.29 is 19.1 Å². The molecule has 0 atom stereocenters. The van der Waals surface area contributed by atoms with Gasteiger partial charge in [-0.25, -0.2) is 4.90 Å². The zero-order valence-electron chi connectivity index (χ0n) is 15.8. The third-order valence-electron chi connectivity index (χ3n) is 3.92. The van der Waals surface area contributed by atoms with Gasteiger partial charge in [0.1, 0.15) is 0 Å². The first kappa shape index (κ1) is 20.7. The lowest BCUT2D eigenvalue weighted by Gasteiger charge is -2.15. The lowest BCUT2D eigenvalue weighted by Crippen LogP contribution is -2.27. The van der Waals surface area contributed by atoms with Crippen molar-refractivity contribution in [3.05, 3.63) is 56.5 Å². The fourth-order valence-electron chi connectivity index (χ4n) is 2.63. The molecule has 1 heterocycles. The molecule has 146 valence electrons. The van der Waals surface area contributed by atoms with Gasteiger partial charge in [0.25, 0.3) is 11.1 Å². The van der Waals surface area contributed by atoms with E-state index in [1.54, 1.807) is 37.5 Å². The van der Waals surface area contributed by atoms with Crippen molar-refractivity contribution in [1.29, 1.82) is 0 Å². The number of carbonyl (C=O) groups excluding carboxylic acids is 2. The van der Waals surface area contributed by atoms with E-state index >= 15 is 0 Å². The van der Waals surface area contributed by atoms with Crippen LogP contribution in [0.4, 0.5) is 10.5 Å². The predicted octanol–water partition coefficient (Wildman–Crippen LogP) is 5.58. The topological polar surface area (TPSA) is 55.8 Å². The minimum atomic E-state index is -0.324. The van der Waals surface area contributed by atoms with Gasteiger partial charge in [0.15, 0.2) is 11.5 Å². The summed E-state index contributed by atoms with van der Waals surface area (Å²) in [5, 5.41) is -0.305. The number of halogens is 1. The molecule has 28 heavy (non-hydrogen) atoms. The van der Waals surface area contributed by atoms with E-state index in [1.165, 1.54) is 4.90 Å². The summed E-state index contributed by atoms with van der Waals surface area (Å²) in [6, 6.07) is 12.6. The smallest absolute Gasteiger partial charge is 0.298 e. The monoisotopic (exact) mass is 509 g/mol. The van der Waals surface area contributed by atoms with Crippen LogP contribution in [0.15, 0.2) is 47.4 Å². The van der Waals surface area contributed by atoms with Crippen LogP contribution in [-0.2, 0) is 4.79 Å². The molecule has 3 rings (SSSR count). The second-order valence-corrected chi connectivity index (χ2v) is 8.75. The van der Waals surface area contributed by atoms with Gasteiger partial charge in [0.05, 0.1) is 27.9 Å². The number of thioether (sulfide) groups is 1. The highest BCUT2D eigenvalue weighted by molar-refractivity contribution is 14.1. The molecule has 7 heteroatoms. The highest BCUT2D eigenvalue weighted by Crippen LogP contribution is 2.38. The Morgan fingerprint density at radius 2 is 1.89 bits per heavy atom. The SMILES string of the molecule is COc1cc(/C=C2/SC(=O)N(c3ccccc3)C2=O)cc(I)c1OCC(C)C. The van der Waals surface area contributed by atoms with Gasteiger partial charge in [-0.1, -0.05) is 32.0 Å². The van der Waals surface area contributed by atoms with E-state index in [4.69, 9.17) is 9.47 Å². The normalized spacial score (nSPS) is 15.6. The molecule has 0 radical (unpaired) electrons. The lowest BCUT2D eigenvalue weighted by atomic mass is 10.1. The van der Waals surface area contributed by atoms with Gasteiger partial charge in [0, 0.05) is 0 Å². The fourth-order valence-corrected chi connectivity index (χ4v) is 4.25. The van der Waals surface area contributed by atoms with Crippen LogP contribution in [0.2, 0.25) is 0 Å². The van der Waals surface area contributed by atoms with Crippen LogP contribution >= 0.6 is 34.4 Å². The maximum absolute atomic E-state index is 12.8. The molecule has 2 amide bonds. The first-order valence-electron chi connectivity index (χ1n) is 8.74. The number of carbonyl (C=O) groups is 2. The molecule has 0 saturated carbocycles. The Labute approximate surface area is 182 Å². The van der Waals surface area contributed by atoms with Gasteiger partial charge < -0.3 is 9.47 Å². The number of anilines is 1. The summed E-state index contributed by atoms with van der Waals surface area (Å²) < 4.78 is 12.2. The van der Waals surface area contributed by atoms with Crippen molar-refractivity contribution in [2.24, 2.45) is 5.92 Å². The molecule has 1 saturated heterocycles. The maximum Gasteiger partial charge on any atom is 0.298 e. The summed E-state index contributed by atoms with van der Waals surface area (Å²) in [6.45, 7) is 4.74. The first-order chi connectivity index (χ1) is 13.4. The number of rotatable bonds is 6. The Kier molecular flexibility index (Phi) is 6.66. The summed E-state index contributed by atoms with van der Waals surface area (Å²) in [7, 11) is 1.58. The minimum absolute atomic E-state index is 0.305. The van der Waals surface area contributed by atoms with Gasteiger partial charge in [-0.2, -0.15) is 0 Å². The number of benzene rings is 2. The van der Waals surface area contributed by atoms with Crippen molar-refractivity contribution in [3.8, 4) is 11.5 Å².